The molecule has 3 rings (SSSR count). The number of nitrogens with zero attached hydrogens (tertiary/aromatic N) is 4. The van der Waals surface area contributed by atoms with Crippen molar-refractivity contribution in [3.05, 3.63) is 48.1 Å². The lowest BCUT2D eigenvalue weighted by Crippen LogP contribution is -2.30. The molecule has 1 aliphatic rings. The van der Waals surface area contributed by atoms with Crippen LogP contribution < -0.4 is 10.2 Å². The minimum atomic E-state index is 0.0195. The molecule has 0 radical (unpaired) electrons. The summed E-state index contributed by atoms with van der Waals surface area (Å²) in [5, 5.41) is 7.05. The number of aryl methyl sites for hydroxylation is 1. The van der Waals surface area contributed by atoms with Crippen LogP contribution in [0.15, 0.2) is 40.9 Å². The summed E-state index contributed by atoms with van der Waals surface area (Å²) in [6, 6.07) is 10.3. The number of hydrogen-bond donors (Lipinski definition) is 1. The van der Waals surface area contributed by atoms with Gasteiger partial charge in [-0.3, -0.25) is 4.79 Å². The molecular formula is C22H31N5O2. The summed E-state index contributed by atoms with van der Waals surface area (Å²) in [6.45, 7) is 6.57. The van der Waals surface area contributed by atoms with Crippen LogP contribution >= 0.6 is 0 Å². The van der Waals surface area contributed by atoms with Crippen LogP contribution in [0, 0.1) is 0 Å². The lowest BCUT2D eigenvalue weighted by Gasteiger charge is -2.23. The Kier molecular flexibility index (Phi) is 7.81. The van der Waals surface area contributed by atoms with Crippen molar-refractivity contribution in [2.45, 2.75) is 32.6 Å². The Morgan fingerprint density at radius 2 is 2.14 bits per heavy atom. The Hall–Kier alpha value is -2.67. The summed E-state index contributed by atoms with van der Waals surface area (Å²) in [4.78, 5) is 21.1. The van der Waals surface area contributed by atoms with Crippen molar-refractivity contribution >= 4 is 17.2 Å². The Morgan fingerprint density at radius 1 is 1.31 bits per heavy atom. The smallest absolute Gasteiger partial charge is 0.227 e. The van der Waals surface area contributed by atoms with Gasteiger partial charge in [-0.25, -0.2) is 0 Å². The number of aromatic nitrogens is 2. The van der Waals surface area contributed by atoms with Gasteiger partial charge >= 0.3 is 0 Å². The number of carbonyl (C=O) groups is 1. The molecular weight excluding hydrogens is 366 g/mol. The maximum Gasteiger partial charge on any atom is 0.227 e. The highest BCUT2D eigenvalue weighted by atomic mass is 16.5. The second kappa shape index (κ2) is 10.8. The second-order valence-electron chi connectivity index (χ2n) is 7.37. The lowest BCUT2D eigenvalue weighted by atomic mass is 10.1. The highest BCUT2D eigenvalue weighted by molar-refractivity contribution is 5.76. The van der Waals surface area contributed by atoms with E-state index >= 15 is 0 Å². The van der Waals surface area contributed by atoms with Gasteiger partial charge in [0.05, 0.1) is 0 Å². The van der Waals surface area contributed by atoms with E-state index in [0.717, 1.165) is 44.6 Å². The van der Waals surface area contributed by atoms with E-state index in [1.54, 1.807) is 0 Å². The van der Waals surface area contributed by atoms with Gasteiger partial charge in [0.15, 0.2) is 5.82 Å². The monoisotopic (exact) mass is 397 g/mol. The highest BCUT2D eigenvalue weighted by Gasteiger charge is 2.16. The van der Waals surface area contributed by atoms with Crippen LogP contribution in [0.25, 0.3) is 5.57 Å². The fourth-order valence-electron chi connectivity index (χ4n) is 3.38. The first-order chi connectivity index (χ1) is 14.2. The predicted molar refractivity (Wildman–Crippen MR) is 115 cm³/mol. The van der Waals surface area contributed by atoms with Gasteiger partial charge in [-0.05, 0) is 44.5 Å². The topological polar surface area (TPSA) is 74.5 Å². The summed E-state index contributed by atoms with van der Waals surface area (Å²) in [5.74, 6) is 1.20. The zero-order valence-electron chi connectivity index (χ0n) is 17.4. The molecule has 0 aliphatic carbocycles. The normalized spacial score (nSPS) is 14.5. The summed E-state index contributed by atoms with van der Waals surface area (Å²) in [6.07, 6.45) is 4.80. The van der Waals surface area contributed by atoms with Crippen LogP contribution in [-0.4, -0.2) is 60.7 Å². The molecule has 0 bridgehead atoms. The molecule has 0 fully saturated rings. The van der Waals surface area contributed by atoms with Gasteiger partial charge in [0.25, 0.3) is 0 Å². The Morgan fingerprint density at radius 3 is 2.86 bits per heavy atom. The predicted octanol–water partition coefficient (Wildman–Crippen LogP) is 2.75. The van der Waals surface area contributed by atoms with E-state index in [9.17, 15) is 4.79 Å². The third kappa shape index (κ3) is 6.42. The van der Waals surface area contributed by atoms with Crippen molar-refractivity contribution in [3.63, 3.8) is 0 Å². The molecule has 7 nitrogen and oxygen atoms in total. The standard InChI is InChI=1S/C22H31N5O2/c1-3-27(19-8-5-4-6-9-19)15-7-14-23-20(28)10-11-21-24-22(25-29-21)18-12-16-26(2)17-13-18/h4-6,8-9,12H,3,7,10-11,13-17H2,1-2H3,(H,23,28). The number of anilines is 1. The number of rotatable bonds is 10. The molecule has 2 heterocycles. The number of benzene rings is 1. The average molecular weight is 398 g/mol. The fourth-order valence-corrected chi connectivity index (χ4v) is 3.38. The van der Waals surface area contributed by atoms with Crippen LogP contribution in [0.5, 0.6) is 0 Å². The molecule has 156 valence electrons. The van der Waals surface area contributed by atoms with Crippen LogP contribution in [0.2, 0.25) is 0 Å². The van der Waals surface area contributed by atoms with Crippen molar-refractivity contribution in [1.82, 2.24) is 20.4 Å². The molecule has 1 N–H and O–H groups in total. The lowest BCUT2D eigenvalue weighted by molar-refractivity contribution is -0.121. The molecule has 0 saturated carbocycles. The fraction of sp³-hybridized carbons (Fsp3) is 0.500. The minimum Gasteiger partial charge on any atom is -0.372 e. The Bertz CT molecular complexity index is 803. The summed E-state index contributed by atoms with van der Waals surface area (Å²) < 4.78 is 5.31. The third-order valence-electron chi connectivity index (χ3n) is 5.16. The molecule has 7 heteroatoms. The van der Waals surface area contributed by atoms with Crippen molar-refractivity contribution in [2.24, 2.45) is 0 Å². The first-order valence-electron chi connectivity index (χ1n) is 10.4. The Labute approximate surface area is 172 Å². The molecule has 29 heavy (non-hydrogen) atoms. The van der Waals surface area contributed by atoms with E-state index in [1.807, 2.05) is 18.2 Å². The van der Waals surface area contributed by atoms with Crippen molar-refractivity contribution in [2.75, 3.05) is 44.7 Å². The molecule has 0 unspecified atom stereocenters. The largest absolute Gasteiger partial charge is 0.372 e. The average Bonchev–Trinajstić information content (AvgIpc) is 3.22. The number of nitrogens with one attached hydrogen (secondary N) is 1. The zero-order valence-corrected chi connectivity index (χ0v) is 17.4. The number of hydrogen-bond acceptors (Lipinski definition) is 6. The number of carbonyl (C=O) groups excluding carboxylic acids is 1. The van der Waals surface area contributed by atoms with Crippen LogP contribution in [0.3, 0.4) is 0 Å². The summed E-state index contributed by atoms with van der Waals surface area (Å²) >= 11 is 0. The first kappa shape index (κ1) is 21.0. The maximum atomic E-state index is 12.1. The van der Waals surface area contributed by atoms with Gasteiger partial charge < -0.3 is 19.6 Å². The zero-order chi connectivity index (χ0) is 20.5. The van der Waals surface area contributed by atoms with E-state index < -0.39 is 0 Å². The van der Waals surface area contributed by atoms with E-state index in [1.165, 1.54) is 5.69 Å². The van der Waals surface area contributed by atoms with Gasteiger partial charge in [-0.1, -0.05) is 29.4 Å². The molecule has 0 atom stereocenters. The summed E-state index contributed by atoms with van der Waals surface area (Å²) in [5.41, 5.74) is 2.34. The first-order valence-corrected chi connectivity index (χ1v) is 10.4. The van der Waals surface area contributed by atoms with Gasteiger partial charge in [0.2, 0.25) is 11.8 Å². The van der Waals surface area contributed by atoms with Crippen LogP contribution in [-0.2, 0) is 11.2 Å². The second-order valence-corrected chi connectivity index (χ2v) is 7.37. The summed E-state index contributed by atoms with van der Waals surface area (Å²) in [7, 11) is 2.09. The van der Waals surface area contributed by atoms with Gasteiger partial charge in [-0.2, -0.15) is 4.98 Å². The molecule has 1 aromatic heterocycles. The van der Waals surface area contributed by atoms with E-state index in [2.05, 4.69) is 57.4 Å². The minimum absolute atomic E-state index is 0.0195. The number of likely N-dealkylation sites (N-methyl/N-ethyl adjacent to an activating group) is 1. The van der Waals surface area contributed by atoms with E-state index in [4.69, 9.17) is 4.52 Å². The van der Waals surface area contributed by atoms with Gasteiger partial charge in [0.1, 0.15) is 0 Å². The molecule has 0 spiro atoms. The number of para-hydroxylation sites is 1. The molecule has 0 saturated heterocycles. The van der Waals surface area contributed by atoms with Crippen molar-refractivity contribution in [3.8, 4) is 0 Å². The number of amides is 1. The Balaban J connectivity index is 1.35. The molecule has 1 amide bonds. The highest BCUT2D eigenvalue weighted by Crippen LogP contribution is 2.19. The third-order valence-corrected chi connectivity index (χ3v) is 5.16. The quantitative estimate of drug-likeness (QED) is 0.622. The molecule has 1 aliphatic heterocycles. The molecule has 1 aromatic carbocycles. The van der Waals surface area contributed by atoms with Crippen LogP contribution in [0.1, 0.15) is 37.9 Å². The SMILES string of the molecule is CCN(CCCNC(=O)CCc1nc(C2=CCN(C)CC2)no1)c1ccccc1. The van der Waals surface area contributed by atoms with E-state index in [-0.39, 0.29) is 5.91 Å². The van der Waals surface area contributed by atoms with Crippen LogP contribution in [0.4, 0.5) is 5.69 Å². The van der Waals surface area contributed by atoms with Crippen molar-refractivity contribution < 1.29 is 9.32 Å². The van der Waals surface area contributed by atoms with E-state index in [0.29, 0.717) is 31.1 Å². The maximum absolute atomic E-state index is 12.1. The molecule has 2 aromatic rings. The van der Waals surface area contributed by atoms with Gasteiger partial charge in [0, 0.05) is 51.3 Å². The van der Waals surface area contributed by atoms with Gasteiger partial charge in [-0.15, -0.1) is 0 Å². The van der Waals surface area contributed by atoms with Crippen molar-refractivity contribution in [1.29, 1.82) is 0 Å².